The van der Waals surface area contributed by atoms with Gasteiger partial charge in [0, 0.05) is 34.2 Å². The number of ether oxygens (including phenoxy) is 1. The van der Waals surface area contributed by atoms with Gasteiger partial charge in [-0.2, -0.15) is 0 Å². The minimum Gasteiger partial charge on any atom is -0.486 e. The molecular formula is C41H34Cl4N2O6S. The third-order valence-electron chi connectivity index (χ3n) is 9.29. The van der Waals surface area contributed by atoms with Crippen LogP contribution in [0, 0.1) is 0 Å². The molecule has 278 valence electrons. The highest BCUT2D eigenvalue weighted by Gasteiger charge is 2.48. The fourth-order valence-corrected chi connectivity index (χ4v) is 8.37. The van der Waals surface area contributed by atoms with E-state index in [9.17, 15) is 18.0 Å². The van der Waals surface area contributed by atoms with E-state index in [-0.39, 0.29) is 48.7 Å². The van der Waals surface area contributed by atoms with Crippen LogP contribution in [0.5, 0.6) is 5.75 Å². The Labute approximate surface area is 333 Å². The lowest BCUT2D eigenvalue weighted by atomic mass is 9.78. The molecule has 0 saturated heterocycles. The number of carbonyl (C=O) groups excluding carboxylic acids is 2. The number of carbonyl (C=O) groups is 2. The number of anilines is 2. The van der Waals surface area contributed by atoms with E-state index >= 15 is 0 Å². The van der Waals surface area contributed by atoms with Crippen molar-refractivity contribution in [3.05, 3.63) is 151 Å². The fourth-order valence-electron chi connectivity index (χ4n) is 6.38. The first-order valence-electron chi connectivity index (χ1n) is 16.9. The molecule has 0 spiro atoms. The number of rotatable bonds is 9. The number of furan rings is 1. The van der Waals surface area contributed by atoms with Crippen LogP contribution in [-0.2, 0) is 16.4 Å². The molecule has 2 unspecified atom stereocenters. The lowest BCUT2D eigenvalue weighted by molar-refractivity contribution is 0.0639. The molecule has 6 aromatic rings. The van der Waals surface area contributed by atoms with Crippen LogP contribution in [0.2, 0.25) is 20.1 Å². The summed E-state index contributed by atoms with van der Waals surface area (Å²) in [6.07, 6.45) is 1.26. The number of hydrogen-bond donors (Lipinski definition) is 2. The van der Waals surface area contributed by atoms with Gasteiger partial charge >= 0.3 is 0 Å². The second-order valence-corrected chi connectivity index (χ2v) is 16.1. The Morgan fingerprint density at radius 1 is 0.796 bits per heavy atom. The van der Waals surface area contributed by atoms with Gasteiger partial charge in [0.05, 0.1) is 42.2 Å². The number of sulfonamides is 1. The molecule has 7 rings (SSSR count). The minimum atomic E-state index is -3.94. The Bertz CT molecular complexity index is 2540. The van der Waals surface area contributed by atoms with Crippen LogP contribution in [0.15, 0.2) is 112 Å². The SMILES string of the molecule is CCC1(C)Oc2ccccc2C1C(=O)c1ccc(N)cc1Cl.CCc1oc2ccccc2c1C(=O)c1ccc(NS(=O)(=O)c2ccc(Cl)c(Cl)c2)cc1Cl. The van der Waals surface area contributed by atoms with Crippen LogP contribution < -0.4 is 15.2 Å². The van der Waals surface area contributed by atoms with Crippen LogP contribution in [0.25, 0.3) is 11.0 Å². The summed E-state index contributed by atoms with van der Waals surface area (Å²) in [6.45, 7) is 5.90. The molecule has 1 aromatic heterocycles. The van der Waals surface area contributed by atoms with E-state index in [2.05, 4.69) is 4.72 Å². The molecule has 5 aromatic carbocycles. The normalized spacial score (nSPS) is 16.2. The Morgan fingerprint density at radius 3 is 2.17 bits per heavy atom. The van der Waals surface area contributed by atoms with Crippen molar-refractivity contribution in [2.24, 2.45) is 0 Å². The van der Waals surface area contributed by atoms with Crippen molar-refractivity contribution < 1.29 is 27.2 Å². The highest BCUT2D eigenvalue weighted by molar-refractivity contribution is 7.92. The predicted molar refractivity (Wildman–Crippen MR) is 216 cm³/mol. The highest BCUT2D eigenvalue weighted by atomic mass is 35.5. The van der Waals surface area contributed by atoms with E-state index in [0.717, 1.165) is 17.7 Å². The molecule has 0 bridgehead atoms. The zero-order chi connectivity index (χ0) is 38.9. The summed E-state index contributed by atoms with van der Waals surface area (Å²) in [5.74, 6) is 0.651. The van der Waals surface area contributed by atoms with E-state index in [0.29, 0.717) is 45.0 Å². The molecule has 1 aliphatic heterocycles. The lowest BCUT2D eigenvalue weighted by Crippen LogP contribution is -2.38. The van der Waals surface area contributed by atoms with Crippen LogP contribution in [0.1, 0.15) is 70.7 Å². The van der Waals surface area contributed by atoms with Gasteiger partial charge in [-0.15, -0.1) is 0 Å². The van der Waals surface area contributed by atoms with Crippen LogP contribution in [0.4, 0.5) is 11.4 Å². The second kappa shape index (κ2) is 15.7. The molecule has 2 atom stereocenters. The lowest BCUT2D eigenvalue weighted by Gasteiger charge is -2.29. The molecule has 2 heterocycles. The molecule has 0 saturated carbocycles. The van der Waals surface area contributed by atoms with Gasteiger partial charge in [0.15, 0.2) is 11.6 Å². The predicted octanol–water partition coefficient (Wildman–Crippen LogP) is 11.4. The van der Waals surface area contributed by atoms with Gasteiger partial charge in [-0.3, -0.25) is 14.3 Å². The summed E-state index contributed by atoms with van der Waals surface area (Å²) in [6, 6.07) is 28.3. The maximum atomic E-state index is 13.3. The third-order valence-corrected chi connectivity index (χ3v) is 12.0. The number of benzene rings is 5. The first-order valence-corrected chi connectivity index (χ1v) is 19.9. The number of Topliss-reactive ketones (excluding diaryl/α,β-unsaturated/α-hetero) is 1. The van der Waals surface area contributed by atoms with Crippen molar-refractivity contribution >= 4 is 90.3 Å². The Hall–Kier alpha value is -4.51. The summed E-state index contributed by atoms with van der Waals surface area (Å²) in [5.41, 5.74) is 8.62. The smallest absolute Gasteiger partial charge is 0.261 e. The molecule has 0 fully saturated rings. The average Bonchev–Trinajstić information content (AvgIpc) is 3.67. The molecule has 1 aliphatic rings. The first kappa shape index (κ1) is 39.2. The molecule has 13 heteroatoms. The van der Waals surface area contributed by atoms with Crippen molar-refractivity contribution in [2.45, 2.75) is 50.0 Å². The first-order chi connectivity index (χ1) is 25.7. The van der Waals surface area contributed by atoms with E-state index in [1.807, 2.05) is 63.2 Å². The zero-order valence-electron chi connectivity index (χ0n) is 29.3. The third kappa shape index (κ3) is 7.70. The molecule has 0 aliphatic carbocycles. The summed E-state index contributed by atoms with van der Waals surface area (Å²) >= 11 is 24.4. The van der Waals surface area contributed by atoms with Crippen LogP contribution >= 0.6 is 46.4 Å². The number of para-hydroxylation sites is 2. The standard InChI is InChI=1S/C23H16Cl3NO4S.C18H18ClNO2/c1-2-20-22(16-5-3-4-6-21(16)31-20)23(28)15-9-7-13(11-18(15)25)27-32(29,30)14-8-10-17(24)19(26)12-14;1-3-18(2)16(13-6-4-5-7-15(13)22-18)17(21)12-9-8-11(20)10-14(12)19/h3-12,27H,2H2,1H3;4-10,16H,3,20H2,1-2H3. The fraction of sp³-hybridized carbons (Fsp3) is 0.171. The topological polar surface area (TPSA) is 129 Å². The minimum absolute atomic E-state index is 0.0284. The maximum absolute atomic E-state index is 13.3. The second-order valence-electron chi connectivity index (χ2n) is 12.8. The number of nitrogens with one attached hydrogen (secondary N) is 1. The summed E-state index contributed by atoms with van der Waals surface area (Å²) in [4.78, 5) is 26.4. The Balaban J connectivity index is 0.000000197. The number of ketones is 2. The number of fused-ring (bicyclic) bond motifs is 2. The molecule has 54 heavy (non-hydrogen) atoms. The average molecular weight is 825 g/mol. The largest absolute Gasteiger partial charge is 0.486 e. The van der Waals surface area contributed by atoms with Crippen molar-refractivity contribution in [2.75, 3.05) is 10.5 Å². The summed E-state index contributed by atoms with van der Waals surface area (Å²) < 4.78 is 39.7. The van der Waals surface area contributed by atoms with Gasteiger partial charge < -0.3 is 14.9 Å². The number of nitrogen functional groups attached to an aromatic ring is 1. The molecule has 3 N–H and O–H groups in total. The van der Waals surface area contributed by atoms with Gasteiger partial charge in [-0.05, 0) is 80.1 Å². The molecule has 0 radical (unpaired) electrons. The maximum Gasteiger partial charge on any atom is 0.261 e. The quantitative estimate of drug-likeness (QED) is 0.110. The summed E-state index contributed by atoms with van der Waals surface area (Å²) in [7, 11) is -3.94. The van der Waals surface area contributed by atoms with Gasteiger partial charge in [-0.1, -0.05) is 96.6 Å². The summed E-state index contributed by atoms with van der Waals surface area (Å²) in [5, 5.41) is 1.56. The van der Waals surface area contributed by atoms with E-state index in [4.69, 9.17) is 61.3 Å². The molecule has 0 amide bonds. The Morgan fingerprint density at radius 2 is 1.48 bits per heavy atom. The highest BCUT2D eigenvalue weighted by Crippen LogP contribution is 2.48. The Kier molecular flexibility index (Phi) is 11.4. The van der Waals surface area contributed by atoms with E-state index in [1.54, 1.807) is 24.3 Å². The van der Waals surface area contributed by atoms with E-state index in [1.165, 1.54) is 36.4 Å². The number of halogens is 4. The van der Waals surface area contributed by atoms with Gasteiger partial charge in [0.1, 0.15) is 22.7 Å². The van der Waals surface area contributed by atoms with Crippen molar-refractivity contribution in [3.63, 3.8) is 0 Å². The van der Waals surface area contributed by atoms with E-state index < -0.39 is 15.6 Å². The van der Waals surface area contributed by atoms with Crippen molar-refractivity contribution in [1.82, 2.24) is 0 Å². The van der Waals surface area contributed by atoms with Gasteiger partial charge in [0.2, 0.25) is 0 Å². The molecule has 8 nitrogen and oxygen atoms in total. The van der Waals surface area contributed by atoms with Gasteiger partial charge in [0.25, 0.3) is 10.0 Å². The number of aryl methyl sites for hydroxylation is 1. The van der Waals surface area contributed by atoms with Crippen LogP contribution in [-0.4, -0.2) is 25.6 Å². The van der Waals surface area contributed by atoms with Crippen LogP contribution in [0.3, 0.4) is 0 Å². The number of nitrogens with two attached hydrogens (primary N) is 1. The van der Waals surface area contributed by atoms with Gasteiger partial charge in [-0.25, -0.2) is 8.42 Å². The number of hydrogen-bond acceptors (Lipinski definition) is 7. The zero-order valence-corrected chi connectivity index (χ0v) is 33.1. The monoisotopic (exact) mass is 822 g/mol. The van der Waals surface area contributed by atoms with Crippen molar-refractivity contribution in [1.29, 1.82) is 0 Å². The molecular weight excluding hydrogens is 790 g/mol. The van der Waals surface area contributed by atoms with Crippen molar-refractivity contribution in [3.8, 4) is 5.75 Å².